The molecule has 2 atom stereocenters. The molecule has 5 heteroatoms. The molecule has 6 rings (SSSR count). The first-order valence-electron chi connectivity index (χ1n) is 9.39. The molecule has 0 radical (unpaired) electrons. The molecular weight excluding hydrogens is 356 g/mol. The molecule has 5 nitrogen and oxygen atoms in total. The van der Waals surface area contributed by atoms with Crippen LogP contribution in [-0.4, -0.2) is 18.5 Å². The molecule has 3 heterocycles. The van der Waals surface area contributed by atoms with Gasteiger partial charge in [-0.1, -0.05) is 30.3 Å². The number of aromatic hydroxyl groups is 1. The molecule has 0 unspecified atom stereocenters. The minimum Gasteiger partial charge on any atom is -0.508 e. The van der Waals surface area contributed by atoms with Gasteiger partial charge >= 0.3 is 0 Å². The highest BCUT2D eigenvalue weighted by atomic mass is 16.7. The van der Waals surface area contributed by atoms with Crippen LogP contribution in [0.1, 0.15) is 34.3 Å². The topological polar surface area (TPSA) is 57.2 Å². The summed E-state index contributed by atoms with van der Waals surface area (Å²) in [5.74, 6) is 3.36. The van der Waals surface area contributed by atoms with Crippen LogP contribution in [0, 0.1) is 0 Å². The fourth-order valence-electron chi connectivity index (χ4n) is 4.38. The van der Waals surface area contributed by atoms with E-state index >= 15 is 0 Å². The third-order valence-electron chi connectivity index (χ3n) is 5.69. The average Bonchev–Trinajstić information content (AvgIpc) is 3.33. The molecule has 3 aromatic carbocycles. The second kappa shape index (κ2) is 5.83. The van der Waals surface area contributed by atoms with Crippen molar-refractivity contribution >= 4 is 0 Å². The van der Waals surface area contributed by atoms with E-state index in [9.17, 15) is 5.11 Å². The van der Waals surface area contributed by atoms with E-state index in [0.717, 1.165) is 33.9 Å². The first-order valence-corrected chi connectivity index (χ1v) is 9.39. The van der Waals surface area contributed by atoms with Gasteiger partial charge in [-0.05, 0) is 23.8 Å². The van der Waals surface area contributed by atoms with Gasteiger partial charge in [0.2, 0.25) is 6.79 Å². The van der Waals surface area contributed by atoms with Gasteiger partial charge in [0.1, 0.15) is 23.4 Å². The van der Waals surface area contributed by atoms with Crippen LogP contribution in [0.5, 0.6) is 28.7 Å². The van der Waals surface area contributed by atoms with Crippen molar-refractivity contribution in [1.29, 1.82) is 0 Å². The number of fused-ring (bicyclic) bond motifs is 6. The van der Waals surface area contributed by atoms with Crippen LogP contribution in [0.4, 0.5) is 0 Å². The second-order valence-electron chi connectivity index (χ2n) is 7.35. The Hall–Kier alpha value is -3.34. The number of phenolic OH excluding ortho intramolecular Hbond substituents is 1. The number of ether oxygens (including phenoxy) is 4. The normalized spacial score (nSPS) is 20.6. The highest BCUT2D eigenvalue weighted by Gasteiger charge is 2.44. The lowest BCUT2D eigenvalue weighted by Gasteiger charge is -2.27. The van der Waals surface area contributed by atoms with E-state index in [4.69, 9.17) is 18.9 Å². The van der Waals surface area contributed by atoms with E-state index in [1.165, 1.54) is 5.56 Å². The summed E-state index contributed by atoms with van der Waals surface area (Å²) in [5, 5.41) is 9.77. The molecule has 3 aliphatic rings. The standard InChI is InChI=1S/C23H18O5/c24-14-6-7-15-19(9-14)25-11-18-16-10-20-23(27-12-26-20)17(22(16)28-21(15)18)8-13-4-2-1-3-5-13/h1-7,9-10,18,21,24H,8,11-12H2/t18-,21-/m0/s1. The lowest BCUT2D eigenvalue weighted by atomic mass is 9.88. The molecule has 28 heavy (non-hydrogen) atoms. The first-order chi connectivity index (χ1) is 13.8. The number of hydrogen-bond donors (Lipinski definition) is 1. The van der Waals surface area contributed by atoms with E-state index in [2.05, 4.69) is 12.1 Å². The van der Waals surface area contributed by atoms with E-state index < -0.39 is 0 Å². The molecule has 0 fully saturated rings. The molecular formula is C23H18O5. The summed E-state index contributed by atoms with van der Waals surface area (Å²) in [6.07, 6.45) is 0.565. The van der Waals surface area contributed by atoms with Gasteiger partial charge in [-0.25, -0.2) is 0 Å². The summed E-state index contributed by atoms with van der Waals surface area (Å²) >= 11 is 0. The average molecular weight is 374 g/mol. The lowest BCUT2D eigenvalue weighted by molar-refractivity contribution is 0.137. The molecule has 0 aromatic heterocycles. The largest absolute Gasteiger partial charge is 0.508 e. The molecule has 0 saturated heterocycles. The van der Waals surface area contributed by atoms with Crippen molar-refractivity contribution in [2.45, 2.75) is 18.4 Å². The Labute approximate surface area is 162 Å². The Balaban J connectivity index is 1.48. The van der Waals surface area contributed by atoms with E-state index in [-0.39, 0.29) is 24.6 Å². The second-order valence-corrected chi connectivity index (χ2v) is 7.35. The highest BCUT2D eigenvalue weighted by Crippen LogP contribution is 2.57. The SMILES string of the molecule is Oc1ccc2c(c1)OC[C@H]1c3cc4c(c(Cc5ccccc5)c3O[C@@H]21)OCO4. The number of benzene rings is 3. The van der Waals surface area contributed by atoms with Crippen molar-refractivity contribution in [1.82, 2.24) is 0 Å². The van der Waals surface area contributed by atoms with Crippen molar-refractivity contribution in [3.63, 3.8) is 0 Å². The smallest absolute Gasteiger partial charge is 0.231 e. The Morgan fingerprint density at radius 2 is 1.75 bits per heavy atom. The Bertz CT molecular complexity index is 1080. The molecule has 3 aliphatic heterocycles. The molecule has 1 N–H and O–H groups in total. The minimum absolute atomic E-state index is 0.0797. The monoisotopic (exact) mass is 374 g/mol. The van der Waals surface area contributed by atoms with Crippen molar-refractivity contribution in [2.75, 3.05) is 13.4 Å². The van der Waals surface area contributed by atoms with Gasteiger partial charge < -0.3 is 24.1 Å². The molecule has 3 aromatic rings. The molecule has 140 valence electrons. The molecule has 0 saturated carbocycles. The fraction of sp³-hybridized carbons (Fsp3) is 0.217. The van der Waals surface area contributed by atoms with Gasteiger partial charge in [0.05, 0.1) is 12.5 Å². The summed E-state index contributed by atoms with van der Waals surface area (Å²) in [4.78, 5) is 0. The van der Waals surface area contributed by atoms with Gasteiger partial charge in [-0.2, -0.15) is 0 Å². The van der Waals surface area contributed by atoms with E-state index in [1.54, 1.807) is 12.1 Å². The van der Waals surface area contributed by atoms with Gasteiger partial charge in [0, 0.05) is 29.2 Å². The van der Waals surface area contributed by atoms with Crippen LogP contribution in [0.2, 0.25) is 0 Å². The van der Waals surface area contributed by atoms with Crippen LogP contribution < -0.4 is 18.9 Å². The molecule has 0 aliphatic carbocycles. The maximum Gasteiger partial charge on any atom is 0.231 e. The maximum absolute atomic E-state index is 9.77. The summed E-state index contributed by atoms with van der Waals surface area (Å²) in [5.41, 5.74) is 4.26. The van der Waals surface area contributed by atoms with E-state index in [0.29, 0.717) is 18.8 Å². The van der Waals surface area contributed by atoms with Gasteiger partial charge in [-0.3, -0.25) is 0 Å². The predicted molar refractivity (Wildman–Crippen MR) is 102 cm³/mol. The molecule has 0 spiro atoms. The fourth-order valence-corrected chi connectivity index (χ4v) is 4.38. The third-order valence-corrected chi connectivity index (χ3v) is 5.69. The zero-order valence-corrected chi connectivity index (χ0v) is 15.1. The van der Waals surface area contributed by atoms with Crippen LogP contribution in [0.3, 0.4) is 0 Å². The number of hydrogen-bond acceptors (Lipinski definition) is 5. The quantitative estimate of drug-likeness (QED) is 0.724. The van der Waals surface area contributed by atoms with Crippen LogP contribution in [-0.2, 0) is 6.42 Å². The number of phenols is 1. The summed E-state index contributed by atoms with van der Waals surface area (Å²) < 4.78 is 24.0. The van der Waals surface area contributed by atoms with Gasteiger partial charge in [0.25, 0.3) is 0 Å². The highest BCUT2D eigenvalue weighted by molar-refractivity contribution is 5.64. The summed E-state index contributed by atoms with van der Waals surface area (Å²) in [6.45, 7) is 0.727. The maximum atomic E-state index is 9.77. The Morgan fingerprint density at radius 3 is 2.64 bits per heavy atom. The number of rotatable bonds is 2. The summed E-state index contributed by atoms with van der Waals surface area (Å²) in [7, 11) is 0. The zero-order chi connectivity index (χ0) is 18.7. The lowest BCUT2D eigenvalue weighted by Crippen LogP contribution is -2.23. The van der Waals surface area contributed by atoms with Crippen molar-refractivity contribution in [3.05, 3.63) is 76.9 Å². The Kier molecular flexibility index (Phi) is 3.27. The van der Waals surface area contributed by atoms with Gasteiger partial charge in [-0.15, -0.1) is 0 Å². The third kappa shape index (κ3) is 2.26. The minimum atomic E-state index is -0.142. The van der Waals surface area contributed by atoms with Crippen molar-refractivity contribution in [2.24, 2.45) is 0 Å². The molecule has 0 amide bonds. The van der Waals surface area contributed by atoms with Crippen molar-refractivity contribution < 1.29 is 24.1 Å². The predicted octanol–water partition coefficient (Wildman–Crippen LogP) is 4.32. The van der Waals surface area contributed by atoms with Crippen LogP contribution >= 0.6 is 0 Å². The summed E-state index contributed by atoms with van der Waals surface area (Å²) in [6, 6.07) is 17.5. The zero-order valence-electron chi connectivity index (χ0n) is 15.1. The molecule has 0 bridgehead atoms. The van der Waals surface area contributed by atoms with E-state index in [1.807, 2.05) is 30.3 Å². The van der Waals surface area contributed by atoms with Crippen LogP contribution in [0.25, 0.3) is 0 Å². The Morgan fingerprint density at radius 1 is 0.857 bits per heavy atom. The van der Waals surface area contributed by atoms with Crippen molar-refractivity contribution in [3.8, 4) is 28.7 Å². The van der Waals surface area contributed by atoms with Gasteiger partial charge in [0.15, 0.2) is 11.5 Å². The van der Waals surface area contributed by atoms with Crippen LogP contribution in [0.15, 0.2) is 54.6 Å². The first kappa shape index (κ1) is 15.7.